The Labute approximate surface area is 103 Å². The standard InChI is InChI=1S/C14H21NO2/c1-17-14-9-5-2-6-11(14)10-15-12-7-3-4-8-13(12)16/h2,5-6,9,12-13,15-16H,3-4,7-8,10H2,1H3/t12-,13+/m1/s1. The van der Waals surface area contributed by atoms with E-state index in [4.69, 9.17) is 4.74 Å². The number of ether oxygens (including phenoxy) is 1. The number of aliphatic hydroxyl groups is 1. The lowest BCUT2D eigenvalue weighted by molar-refractivity contribution is 0.0901. The fourth-order valence-corrected chi connectivity index (χ4v) is 2.44. The molecule has 0 radical (unpaired) electrons. The molecule has 1 aromatic carbocycles. The van der Waals surface area contributed by atoms with Gasteiger partial charge in [0.2, 0.25) is 0 Å². The van der Waals surface area contributed by atoms with Gasteiger partial charge in [0, 0.05) is 18.2 Å². The van der Waals surface area contributed by atoms with E-state index in [-0.39, 0.29) is 12.1 Å². The summed E-state index contributed by atoms with van der Waals surface area (Å²) >= 11 is 0. The summed E-state index contributed by atoms with van der Waals surface area (Å²) < 4.78 is 5.31. The highest BCUT2D eigenvalue weighted by Gasteiger charge is 2.22. The van der Waals surface area contributed by atoms with Gasteiger partial charge in [-0.25, -0.2) is 0 Å². The predicted molar refractivity (Wildman–Crippen MR) is 68.1 cm³/mol. The fourth-order valence-electron chi connectivity index (χ4n) is 2.44. The lowest BCUT2D eigenvalue weighted by Crippen LogP contribution is -2.41. The van der Waals surface area contributed by atoms with Crippen LogP contribution < -0.4 is 10.1 Å². The van der Waals surface area contributed by atoms with Crippen LogP contribution in [0.2, 0.25) is 0 Å². The van der Waals surface area contributed by atoms with E-state index in [1.807, 2.05) is 18.2 Å². The quantitative estimate of drug-likeness (QED) is 0.839. The van der Waals surface area contributed by atoms with Crippen molar-refractivity contribution in [3.05, 3.63) is 29.8 Å². The Kier molecular flexibility index (Phi) is 4.40. The lowest BCUT2D eigenvalue weighted by atomic mass is 9.92. The van der Waals surface area contributed by atoms with E-state index in [2.05, 4.69) is 11.4 Å². The lowest BCUT2D eigenvalue weighted by Gasteiger charge is -2.28. The molecular weight excluding hydrogens is 214 g/mol. The van der Waals surface area contributed by atoms with Crippen LogP contribution in [0.4, 0.5) is 0 Å². The summed E-state index contributed by atoms with van der Waals surface area (Å²) in [5, 5.41) is 13.3. The SMILES string of the molecule is COc1ccccc1CN[C@@H]1CCCC[C@@H]1O. The smallest absolute Gasteiger partial charge is 0.123 e. The van der Waals surface area contributed by atoms with E-state index in [0.29, 0.717) is 0 Å². The van der Waals surface area contributed by atoms with Gasteiger partial charge in [-0.05, 0) is 18.9 Å². The van der Waals surface area contributed by atoms with Crippen molar-refractivity contribution in [3.63, 3.8) is 0 Å². The van der Waals surface area contributed by atoms with Gasteiger partial charge in [-0.2, -0.15) is 0 Å². The van der Waals surface area contributed by atoms with E-state index >= 15 is 0 Å². The fraction of sp³-hybridized carbons (Fsp3) is 0.571. The molecule has 1 fully saturated rings. The first-order valence-corrected chi connectivity index (χ1v) is 6.34. The van der Waals surface area contributed by atoms with Crippen LogP contribution in [-0.2, 0) is 6.54 Å². The average molecular weight is 235 g/mol. The van der Waals surface area contributed by atoms with Gasteiger partial charge >= 0.3 is 0 Å². The Morgan fingerprint density at radius 1 is 1.29 bits per heavy atom. The first-order chi connectivity index (χ1) is 8.31. The molecule has 1 aromatic rings. The topological polar surface area (TPSA) is 41.5 Å². The number of para-hydroxylation sites is 1. The van der Waals surface area contributed by atoms with Gasteiger partial charge in [-0.3, -0.25) is 0 Å². The number of nitrogens with one attached hydrogen (secondary N) is 1. The molecule has 1 aliphatic carbocycles. The van der Waals surface area contributed by atoms with Crippen molar-refractivity contribution in [1.82, 2.24) is 5.32 Å². The van der Waals surface area contributed by atoms with Gasteiger partial charge in [0.15, 0.2) is 0 Å². The monoisotopic (exact) mass is 235 g/mol. The largest absolute Gasteiger partial charge is 0.496 e. The molecular formula is C14H21NO2. The van der Waals surface area contributed by atoms with Crippen LogP contribution in [0.15, 0.2) is 24.3 Å². The third-order valence-corrected chi connectivity index (χ3v) is 3.48. The van der Waals surface area contributed by atoms with Crippen molar-refractivity contribution in [2.75, 3.05) is 7.11 Å². The van der Waals surface area contributed by atoms with Gasteiger partial charge in [-0.1, -0.05) is 31.0 Å². The molecule has 2 rings (SSSR count). The molecule has 2 atom stereocenters. The molecule has 0 amide bonds. The van der Waals surface area contributed by atoms with Gasteiger partial charge in [0.1, 0.15) is 5.75 Å². The molecule has 0 unspecified atom stereocenters. The molecule has 0 spiro atoms. The summed E-state index contributed by atoms with van der Waals surface area (Å²) in [7, 11) is 1.69. The number of hydrogen-bond acceptors (Lipinski definition) is 3. The van der Waals surface area contributed by atoms with Gasteiger partial charge in [-0.15, -0.1) is 0 Å². The van der Waals surface area contributed by atoms with E-state index in [1.54, 1.807) is 7.11 Å². The van der Waals surface area contributed by atoms with Crippen LogP contribution in [0.5, 0.6) is 5.75 Å². The van der Waals surface area contributed by atoms with Crippen molar-refractivity contribution in [2.24, 2.45) is 0 Å². The number of hydrogen-bond donors (Lipinski definition) is 2. The zero-order chi connectivity index (χ0) is 12.1. The van der Waals surface area contributed by atoms with Crippen LogP contribution in [0.3, 0.4) is 0 Å². The third kappa shape index (κ3) is 3.20. The Bertz CT molecular complexity index is 354. The number of benzene rings is 1. The van der Waals surface area contributed by atoms with Gasteiger partial charge in [0.25, 0.3) is 0 Å². The second-order valence-electron chi connectivity index (χ2n) is 4.65. The maximum absolute atomic E-state index is 9.88. The molecule has 1 aliphatic rings. The summed E-state index contributed by atoms with van der Waals surface area (Å²) in [6.45, 7) is 0.756. The normalized spacial score (nSPS) is 24.6. The highest BCUT2D eigenvalue weighted by atomic mass is 16.5. The van der Waals surface area contributed by atoms with Crippen LogP contribution in [0, 0.1) is 0 Å². The van der Waals surface area contributed by atoms with Crippen LogP contribution >= 0.6 is 0 Å². The molecule has 3 heteroatoms. The third-order valence-electron chi connectivity index (χ3n) is 3.48. The summed E-state index contributed by atoms with van der Waals surface area (Å²) in [6, 6.07) is 8.23. The predicted octanol–water partition coefficient (Wildman–Crippen LogP) is 2.09. The van der Waals surface area contributed by atoms with Crippen molar-refractivity contribution >= 4 is 0 Å². The molecule has 0 saturated heterocycles. The number of rotatable bonds is 4. The summed E-state index contributed by atoms with van der Waals surface area (Å²) in [4.78, 5) is 0. The summed E-state index contributed by atoms with van der Waals surface area (Å²) in [6.07, 6.45) is 4.15. The minimum absolute atomic E-state index is 0.196. The zero-order valence-electron chi connectivity index (χ0n) is 10.4. The summed E-state index contributed by atoms with van der Waals surface area (Å²) in [5.41, 5.74) is 1.15. The minimum atomic E-state index is -0.196. The van der Waals surface area contributed by atoms with E-state index in [1.165, 1.54) is 6.42 Å². The van der Waals surface area contributed by atoms with E-state index in [0.717, 1.165) is 37.1 Å². The molecule has 0 bridgehead atoms. The van der Waals surface area contributed by atoms with Crippen molar-refractivity contribution in [2.45, 2.75) is 44.4 Å². The van der Waals surface area contributed by atoms with Crippen LogP contribution in [0.1, 0.15) is 31.2 Å². The number of methoxy groups -OCH3 is 1. The Balaban J connectivity index is 1.92. The average Bonchev–Trinajstić information content (AvgIpc) is 2.38. The van der Waals surface area contributed by atoms with Crippen LogP contribution in [-0.4, -0.2) is 24.4 Å². The Morgan fingerprint density at radius 3 is 2.82 bits per heavy atom. The summed E-state index contributed by atoms with van der Waals surface area (Å²) in [5.74, 6) is 0.908. The van der Waals surface area contributed by atoms with Gasteiger partial charge < -0.3 is 15.2 Å². The molecule has 0 aliphatic heterocycles. The zero-order valence-corrected chi connectivity index (χ0v) is 10.4. The van der Waals surface area contributed by atoms with Crippen molar-refractivity contribution < 1.29 is 9.84 Å². The minimum Gasteiger partial charge on any atom is -0.496 e. The first kappa shape index (κ1) is 12.4. The molecule has 94 valence electrons. The molecule has 17 heavy (non-hydrogen) atoms. The van der Waals surface area contributed by atoms with Gasteiger partial charge in [0.05, 0.1) is 13.2 Å². The van der Waals surface area contributed by atoms with Crippen molar-refractivity contribution in [3.8, 4) is 5.75 Å². The Hall–Kier alpha value is -1.06. The molecule has 0 heterocycles. The Morgan fingerprint density at radius 2 is 2.06 bits per heavy atom. The van der Waals surface area contributed by atoms with Crippen LogP contribution in [0.25, 0.3) is 0 Å². The second-order valence-corrected chi connectivity index (χ2v) is 4.65. The van der Waals surface area contributed by atoms with E-state index in [9.17, 15) is 5.11 Å². The molecule has 0 aromatic heterocycles. The molecule has 1 saturated carbocycles. The second kappa shape index (κ2) is 6.03. The highest BCUT2D eigenvalue weighted by molar-refractivity contribution is 5.33. The maximum atomic E-state index is 9.88. The highest BCUT2D eigenvalue weighted by Crippen LogP contribution is 2.21. The van der Waals surface area contributed by atoms with Crippen molar-refractivity contribution in [1.29, 1.82) is 0 Å². The molecule has 2 N–H and O–H groups in total. The maximum Gasteiger partial charge on any atom is 0.123 e. The number of aliphatic hydroxyl groups excluding tert-OH is 1. The van der Waals surface area contributed by atoms with E-state index < -0.39 is 0 Å². The first-order valence-electron chi connectivity index (χ1n) is 6.34. The molecule has 3 nitrogen and oxygen atoms in total.